The van der Waals surface area contributed by atoms with Crippen LogP contribution < -0.4 is 10.2 Å². The van der Waals surface area contributed by atoms with Crippen molar-refractivity contribution in [1.82, 2.24) is 4.90 Å². The zero-order valence-electron chi connectivity index (χ0n) is 16.5. The van der Waals surface area contributed by atoms with Crippen LogP contribution in [0.2, 0.25) is 0 Å². The molecule has 3 saturated carbocycles. The van der Waals surface area contributed by atoms with E-state index in [9.17, 15) is 9.59 Å². The first-order chi connectivity index (χ1) is 13.0. The summed E-state index contributed by atoms with van der Waals surface area (Å²) in [4.78, 5) is 29.3. The molecule has 0 spiro atoms. The maximum atomic E-state index is 12.8. The highest BCUT2D eigenvalue weighted by Gasteiger charge is 2.36. The normalized spacial score (nSPS) is 19.3. The Morgan fingerprint density at radius 2 is 1.78 bits per heavy atom. The zero-order chi connectivity index (χ0) is 19.0. The Balaban J connectivity index is 1.52. The van der Waals surface area contributed by atoms with Gasteiger partial charge in [-0.25, -0.2) is 0 Å². The number of carbonyl (C=O) groups excluding carboxylic acids is 2. The van der Waals surface area contributed by atoms with Crippen molar-refractivity contribution in [3.8, 4) is 0 Å². The van der Waals surface area contributed by atoms with Gasteiger partial charge in [-0.15, -0.1) is 0 Å². The number of amides is 2. The summed E-state index contributed by atoms with van der Waals surface area (Å²) >= 11 is 0. The molecule has 2 amide bonds. The predicted octanol–water partition coefficient (Wildman–Crippen LogP) is 3.64. The van der Waals surface area contributed by atoms with Crippen LogP contribution in [0.25, 0.3) is 0 Å². The van der Waals surface area contributed by atoms with Gasteiger partial charge in [0.2, 0.25) is 11.8 Å². The summed E-state index contributed by atoms with van der Waals surface area (Å²) in [7, 11) is 4.05. The van der Waals surface area contributed by atoms with Gasteiger partial charge in [0.25, 0.3) is 0 Å². The fourth-order valence-corrected chi connectivity index (χ4v) is 3.78. The van der Waals surface area contributed by atoms with Crippen LogP contribution in [0.3, 0.4) is 0 Å². The minimum absolute atomic E-state index is 0.133. The summed E-state index contributed by atoms with van der Waals surface area (Å²) < 4.78 is 0. The lowest BCUT2D eigenvalue weighted by atomic mass is 9.85. The molecule has 1 aromatic carbocycles. The first kappa shape index (κ1) is 18.3. The number of carbonyl (C=O) groups is 2. The Morgan fingerprint density at radius 3 is 2.33 bits per heavy atom. The Hall–Kier alpha value is -2.04. The van der Waals surface area contributed by atoms with Crippen LogP contribution >= 0.6 is 0 Å². The standard InChI is InChI=1S/C22H31N3O2/c1-24(2)20-11-10-19(23-21(26)16-4-3-5-16)12-18(20)14-25(13-15-6-7-15)22(27)17-8-9-17/h10-12,15-17H,3-9,13-14H2,1-2H3,(H,23,26). The minimum Gasteiger partial charge on any atom is -0.377 e. The Kier molecular flexibility index (Phi) is 5.11. The molecule has 5 nitrogen and oxygen atoms in total. The predicted molar refractivity (Wildman–Crippen MR) is 108 cm³/mol. The number of benzene rings is 1. The molecule has 27 heavy (non-hydrogen) atoms. The lowest BCUT2D eigenvalue weighted by Crippen LogP contribution is -2.34. The van der Waals surface area contributed by atoms with Gasteiger partial charge in [0, 0.05) is 50.4 Å². The van der Waals surface area contributed by atoms with Crippen LogP contribution in [0.4, 0.5) is 11.4 Å². The van der Waals surface area contributed by atoms with Gasteiger partial charge in [-0.3, -0.25) is 9.59 Å². The highest BCUT2D eigenvalue weighted by atomic mass is 16.2. The van der Waals surface area contributed by atoms with Crippen LogP contribution in [-0.2, 0) is 16.1 Å². The Bertz CT molecular complexity index is 718. The molecule has 3 aliphatic carbocycles. The van der Waals surface area contributed by atoms with Crippen LogP contribution in [0, 0.1) is 17.8 Å². The van der Waals surface area contributed by atoms with E-state index < -0.39 is 0 Å². The first-order valence-electron chi connectivity index (χ1n) is 10.4. The summed E-state index contributed by atoms with van der Waals surface area (Å²) in [6.45, 7) is 1.51. The summed E-state index contributed by atoms with van der Waals surface area (Å²) in [5.41, 5.74) is 3.07. The molecule has 0 unspecified atom stereocenters. The minimum atomic E-state index is 0.133. The van der Waals surface area contributed by atoms with Crippen molar-refractivity contribution in [1.29, 1.82) is 0 Å². The van der Waals surface area contributed by atoms with E-state index in [0.29, 0.717) is 18.4 Å². The molecule has 146 valence electrons. The average molecular weight is 370 g/mol. The van der Waals surface area contributed by atoms with E-state index >= 15 is 0 Å². The van der Waals surface area contributed by atoms with E-state index in [2.05, 4.69) is 27.2 Å². The van der Waals surface area contributed by atoms with Crippen LogP contribution in [0.1, 0.15) is 50.5 Å². The molecule has 0 bridgehead atoms. The Morgan fingerprint density at radius 1 is 1.04 bits per heavy atom. The van der Waals surface area contributed by atoms with Crippen LogP contribution in [-0.4, -0.2) is 37.4 Å². The third-order valence-corrected chi connectivity index (χ3v) is 6.08. The molecule has 1 aromatic rings. The van der Waals surface area contributed by atoms with Crippen molar-refractivity contribution >= 4 is 23.2 Å². The monoisotopic (exact) mass is 369 g/mol. The van der Waals surface area contributed by atoms with Crippen molar-refractivity contribution in [3.63, 3.8) is 0 Å². The molecule has 0 aliphatic heterocycles. The number of hydrogen-bond acceptors (Lipinski definition) is 3. The summed E-state index contributed by atoms with van der Waals surface area (Å²) in [5, 5.41) is 3.08. The highest BCUT2D eigenvalue weighted by Crippen LogP contribution is 2.36. The lowest BCUT2D eigenvalue weighted by molar-refractivity contribution is -0.133. The van der Waals surface area contributed by atoms with Crippen molar-refractivity contribution in [2.24, 2.45) is 17.8 Å². The summed E-state index contributed by atoms with van der Waals surface area (Å²) in [6.07, 6.45) is 7.72. The number of hydrogen-bond donors (Lipinski definition) is 1. The number of rotatable bonds is 8. The fourth-order valence-electron chi connectivity index (χ4n) is 3.78. The average Bonchev–Trinajstić information content (AvgIpc) is 3.45. The molecule has 4 rings (SSSR count). The quantitative estimate of drug-likeness (QED) is 0.761. The van der Waals surface area contributed by atoms with Crippen LogP contribution in [0.5, 0.6) is 0 Å². The van der Waals surface area contributed by atoms with Crippen molar-refractivity contribution in [2.45, 2.75) is 51.5 Å². The van der Waals surface area contributed by atoms with Gasteiger partial charge in [0.05, 0.1) is 0 Å². The molecule has 3 fully saturated rings. The van der Waals surface area contributed by atoms with Gasteiger partial charge in [0.1, 0.15) is 0 Å². The zero-order valence-corrected chi connectivity index (χ0v) is 16.5. The van der Waals surface area contributed by atoms with Gasteiger partial charge in [-0.2, -0.15) is 0 Å². The van der Waals surface area contributed by atoms with Crippen molar-refractivity contribution < 1.29 is 9.59 Å². The van der Waals surface area contributed by atoms with Crippen LogP contribution in [0.15, 0.2) is 18.2 Å². The largest absolute Gasteiger partial charge is 0.377 e. The SMILES string of the molecule is CN(C)c1ccc(NC(=O)C2CCC2)cc1CN(CC1CC1)C(=O)C1CC1. The van der Waals surface area contributed by atoms with Gasteiger partial charge in [-0.05, 0) is 68.2 Å². The molecule has 0 atom stereocenters. The van der Waals surface area contributed by atoms with E-state index in [1.54, 1.807) is 0 Å². The Labute approximate surface area is 162 Å². The van der Waals surface area contributed by atoms with Crippen molar-refractivity contribution in [2.75, 3.05) is 30.9 Å². The molecule has 0 heterocycles. The van der Waals surface area contributed by atoms with Crippen molar-refractivity contribution in [3.05, 3.63) is 23.8 Å². The lowest BCUT2D eigenvalue weighted by Gasteiger charge is -2.27. The molecule has 3 aliphatic rings. The van der Waals surface area contributed by atoms with Gasteiger partial charge in [0.15, 0.2) is 0 Å². The number of anilines is 2. The third kappa shape index (κ3) is 4.45. The van der Waals surface area contributed by atoms with E-state index in [1.165, 1.54) is 12.8 Å². The van der Waals surface area contributed by atoms with Gasteiger partial charge >= 0.3 is 0 Å². The fraction of sp³-hybridized carbons (Fsp3) is 0.636. The van der Waals surface area contributed by atoms with E-state index in [-0.39, 0.29) is 17.7 Å². The van der Waals surface area contributed by atoms with E-state index in [4.69, 9.17) is 0 Å². The second kappa shape index (κ2) is 7.53. The number of nitrogens with zero attached hydrogens (tertiary/aromatic N) is 2. The maximum absolute atomic E-state index is 12.8. The summed E-state index contributed by atoms with van der Waals surface area (Å²) in [5.74, 6) is 1.54. The molecular formula is C22H31N3O2. The maximum Gasteiger partial charge on any atom is 0.227 e. The second-order valence-corrected chi connectivity index (χ2v) is 8.79. The van der Waals surface area contributed by atoms with E-state index in [1.807, 2.05) is 20.2 Å². The molecule has 1 N–H and O–H groups in total. The first-order valence-corrected chi connectivity index (χ1v) is 10.4. The smallest absolute Gasteiger partial charge is 0.227 e. The topological polar surface area (TPSA) is 52.7 Å². The number of nitrogens with one attached hydrogen (secondary N) is 1. The van der Waals surface area contributed by atoms with Gasteiger partial charge in [-0.1, -0.05) is 6.42 Å². The molecular weight excluding hydrogens is 338 g/mol. The molecule has 5 heteroatoms. The summed E-state index contributed by atoms with van der Waals surface area (Å²) in [6, 6.07) is 6.10. The second-order valence-electron chi connectivity index (χ2n) is 8.79. The highest BCUT2D eigenvalue weighted by molar-refractivity contribution is 5.93. The third-order valence-electron chi connectivity index (χ3n) is 6.08. The molecule has 0 radical (unpaired) electrons. The molecule has 0 saturated heterocycles. The van der Waals surface area contributed by atoms with E-state index in [0.717, 1.165) is 55.6 Å². The van der Waals surface area contributed by atoms with Gasteiger partial charge < -0.3 is 15.1 Å². The molecule has 0 aromatic heterocycles.